The van der Waals surface area contributed by atoms with Crippen molar-refractivity contribution in [1.29, 1.82) is 0 Å². The molecule has 0 fully saturated rings. The Balaban J connectivity index is 1.74. The molecular formula is C15H13NO4S3. The van der Waals surface area contributed by atoms with Crippen LogP contribution in [0, 0.1) is 0 Å². The summed E-state index contributed by atoms with van der Waals surface area (Å²) in [5, 5.41) is 4.66. The van der Waals surface area contributed by atoms with Gasteiger partial charge in [0, 0.05) is 10.3 Å². The third kappa shape index (κ3) is 3.72. The van der Waals surface area contributed by atoms with Gasteiger partial charge in [-0.05, 0) is 28.3 Å². The third-order valence-electron chi connectivity index (χ3n) is 3.07. The van der Waals surface area contributed by atoms with Gasteiger partial charge in [0.1, 0.15) is 11.5 Å². The number of hydrogen-bond acceptors (Lipinski definition) is 6. The first kappa shape index (κ1) is 16.0. The molecule has 0 unspecified atom stereocenters. The second kappa shape index (κ2) is 6.31. The van der Waals surface area contributed by atoms with Crippen molar-refractivity contribution in [3.63, 3.8) is 0 Å². The number of benzene rings is 1. The van der Waals surface area contributed by atoms with Crippen LogP contribution in [0.25, 0.3) is 10.1 Å². The van der Waals surface area contributed by atoms with Crippen LogP contribution < -0.4 is 4.72 Å². The molecule has 0 atom stereocenters. The highest BCUT2D eigenvalue weighted by atomic mass is 32.2. The first-order chi connectivity index (χ1) is 10.9. The van der Waals surface area contributed by atoms with E-state index in [1.165, 1.54) is 0 Å². The minimum absolute atomic E-state index is 0.152. The fourth-order valence-electron chi connectivity index (χ4n) is 2.10. The van der Waals surface area contributed by atoms with E-state index in [0.29, 0.717) is 0 Å². The number of fused-ring (bicyclic) bond motifs is 1. The monoisotopic (exact) mass is 367 g/mol. The summed E-state index contributed by atoms with van der Waals surface area (Å²) in [5.74, 6) is -0.540. The normalized spacial score (nSPS) is 11.5. The Kier molecular flexibility index (Phi) is 4.38. The summed E-state index contributed by atoms with van der Waals surface area (Å²) in [4.78, 5) is 12.4. The van der Waals surface area contributed by atoms with E-state index < -0.39 is 16.0 Å². The van der Waals surface area contributed by atoms with Crippen LogP contribution >= 0.6 is 22.7 Å². The van der Waals surface area contributed by atoms with E-state index in [1.54, 1.807) is 22.8 Å². The fourth-order valence-corrected chi connectivity index (χ4v) is 4.42. The Morgan fingerprint density at radius 2 is 2.00 bits per heavy atom. The van der Waals surface area contributed by atoms with E-state index in [-0.39, 0.29) is 17.2 Å². The van der Waals surface area contributed by atoms with E-state index >= 15 is 0 Å². The lowest BCUT2D eigenvalue weighted by Gasteiger charge is -2.06. The van der Waals surface area contributed by atoms with Gasteiger partial charge in [0.15, 0.2) is 0 Å². The van der Waals surface area contributed by atoms with Crippen molar-refractivity contribution in [1.82, 2.24) is 0 Å². The number of hydrogen-bond donors (Lipinski definition) is 1. The molecule has 0 radical (unpaired) electrons. The van der Waals surface area contributed by atoms with Crippen molar-refractivity contribution in [3.8, 4) is 0 Å². The van der Waals surface area contributed by atoms with Crippen LogP contribution in [0.2, 0.25) is 0 Å². The van der Waals surface area contributed by atoms with Gasteiger partial charge in [0.2, 0.25) is 10.0 Å². The fraction of sp³-hybridized carbons (Fsp3) is 0.133. The Morgan fingerprint density at radius 1 is 1.22 bits per heavy atom. The quantitative estimate of drug-likeness (QED) is 0.698. The van der Waals surface area contributed by atoms with Gasteiger partial charge in [-0.1, -0.05) is 18.2 Å². The molecule has 0 saturated heterocycles. The number of carbonyl (C=O) groups excluding carboxylic acids is 1. The lowest BCUT2D eigenvalue weighted by Crippen LogP contribution is -2.12. The summed E-state index contributed by atoms with van der Waals surface area (Å²) < 4.78 is 31.4. The summed E-state index contributed by atoms with van der Waals surface area (Å²) in [6.07, 6.45) is 1.04. The van der Waals surface area contributed by atoms with Gasteiger partial charge in [-0.2, -0.15) is 0 Å². The van der Waals surface area contributed by atoms with Crippen molar-refractivity contribution >= 4 is 54.4 Å². The van der Waals surface area contributed by atoms with Gasteiger partial charge >= 0.3 is 5.97 Å². The van der Waals surface area contributed by atoms with Crippen molar-refractivity contribution in [2.75, 3.05) is 11.0 Å². The van der Waals surface area contributed by atoms with Crippen LogP contribution in [-0.2, 0) is 21.4 Å². The first-order valence-electron chi connectivity index (χ1n) is 6.61. The second-order valence-electron chi connectivity index (χ2n) is 4.87. The van der Waals surface area contributed by atoms with E-state index in [1.807, 2.05) is 29.6 Å². The molecule has 0 amide bonds. The average Bonchev–Trinajstić information content (AvgIpc) is 3.10. The van der Waals surface area contributed by atoms with Crippen molar-refractivity contribution in [3.05, 3.63) is 51.5 Å². The van der Waals surface area contributed by atoms with Crippen LogP contribution in [0.4, 0.5) is 5.69 Å². The van der Waals surface area contributed by atoms with Crippen LogP contribution in [0.1, 0.15) is 15.2 Å². The molecule has 0 bridgehead atoms. The minimum atomic E-state index is -3.44. The van der Waals surface area contributed by atoms with Gasteiger partial charge in [-0.3, -0.25) is 4.72 Å². The summed E-state index contributed by atoms with van der Waals surface area (Å²) >= 11 is 2.73. The summed E-state index contributed by atoms with van der Waals surface area (Å²) in [6.45, 7) is 0.152. The molecule has 120 valence electrons. The van der Waals surface area contributed by atoms with Gasteiger partial charge in [-0.25, -0.2) is 13.2 Å². The number of sulfonamides is 1. The molecule has 0 aliphatic carbocycles. The van der Waals surface area contributed by atoms with Crippen molar-refractivity contribution < 1.29 is 17.9 Å². The molecular weight excluding hydrogens is 354 g/mol. The molecule has 3 rings (SSSR count). The maximum absolute atomic E-state index is 12.2. The number of ether oxygens (including phenoxy) is 1. The standard InChI is InChI=1S/C15H13NO4S3/c1-23(18,19)16-12-6-7-21-14(12)15(17)20-8-10-9-22-13-5-3-2-4-11(10)13/h2-7,9,16H,8H2,1H3. The SMILES string of the molecule is CS(=O)(=O)Nc1ccsc1C(=O)OCc1csc2ccccc12. The largest absolute Gasteiger partial charge is 0.457 e. The molecule has 3 aromatic rings. The van der Waals surface area contributed by atoms with Gasteiger partial charge in [0.05, 0.1) is 11.9 Å². The topological polar surface area (TPSA) is 72.5 Å². The van der Waals surface area contributed by atoms with Gasteiger partial charge < -0.3 is 4.74 Å². The van der Waals surface area contributed by atoms with E-state index in [0.717, 1.165) is 33.2 Å². The molecule has 0 aliphatic heterocycles. The highest BCUT2D eigenvalue weighted by Gasteiger charge is 2.17. The van der Waals surface area contributed by atoms with Gasteiger partial charge in [0.25, 0.3) is 0 Å². The average molecular weight is 367 g/mol. The van der Waals surface area contributed by atoms with Crippen molar-refractivity contribution in [2.24, 2.45) is 0 Å². The molecule has 0 spiro atoms. The molecule has 5 nitrogen and oxygen atoms in total. The molecule has 2 aromatic heterocycles. The number of carbonyl (C=O) groups is 1. The Hall–Kier alpha value is -1.90. The second-order valence-corrected chi connectivity index (χ2v) is 8.45. The third-order valence-corrected chi connectivity index (χ3v) is 5.56. The molecule has 1 aromatic carbocycles. The zero-order chi connectivity index (χ0) is 16.4. The molecule has 2 heterocycles. The lowest BCUT2D eigenvalue weighted by atomic mass is 10.2. The maximum atomic E-state index is 12.2. The molecule has 0 aliphatic rings. The predicted octanol–water partition coefficient (Wildman–Crippen LogP) is 3.69. The molecule has 0 saturated carbocycles. The Labute approximate surface area is 141 Å². The van der Waals surface area contributed by atoms with Crippen LogP contribution in [-0.4, -0.2) is 20.6 Å². The number of nitrogens with one attached hydrogen (secondary N) is 1. The predicted molar refractivity (Wildman–Crippen MR) is 93.7 cm³/mol. The first-order valence-corrected chi connectivity index (χ1v) is 10.3. The minimum Gasteiger partial charge on any atom is -0.457 e. The molecule has 23 heavy (non-hydrogen) atoms. The number of anilines is 1. The highest BCUT2D eigenvalue weighted by Crippen LogP contribution is 2.28. The number of rotatable bonds is 5. The zero-order valence-electron chi connectivity index (χ0n) is 12.1. The van der Waals surface area contributed by atoms with Gasteiger partial charge in [-0.15, -0.1) is 22.7 Å². The summed E-state index contributed by atoms with van der Waals surface area (Å²) in [5.41, 5.74) is 1.19. The molecule has 1 N–H and O–H groups in total. The smallest absolute Gasteiger partial charge is 0.350 e. The lowest BCUT2D eigenvalue weighted by molar-refractivity contribution is 0.0482. The summed E-state index contributed by atoms with van der Waals surface area (Å²) in [7, 11) is -3.44. The molecule has 8 heteroatoms. The van der Waals surface area contributed by atoms with Crippen LogP contribution in [0.5, 0.6) is 0 Å². The zero-order valence-corrected chi connectivity index (χ0v) is 14.6. The highest BCUT2D eigenvalue weighted by molar-refractivity contribution is 7.92. The number of thiophene rings is 2. The van der Waals surface area contributed by atoms with E-state index in [4.69, 9.17) is 4.74 Å². The van der Waals surface area contributed by atoms with E-state index in [2.05, 4.69) is 4.72 Å². The van der Waals surface area contributed by atoms with Crippen molar-refractivity contribution in [2.45, 2.75) is 6.61 Å². The van der Waals surface area contributed by atoms with Crippen LogP contribution in [0.15, 0.2) is 41.1 Å². The Morgan fingerprint density at radius 3 is 2.78 bits per heavy atom. The van der Waals surface area contributed by atoms with Crippen LogP contribution in [0.3, 0.4) is 0 Å². The van der Waals surface area contributed by atoms with E-state index in [9.17, 15) is 13.2 Å². The summed E-state index contributed by atoms with van der Waals surface area (Å²) in [6, 6.07) is 9.44. The maximum Gasteiger partial charge on any atom is 0.350 e. The number of esters is 1. The Bertz CT molecular complexity index is 956.